The standard InChI is InChI=1S/C21H20N2O2/c1-14(17-11-10-16-6-3-4-7-18(16)12-17)22-21(25)19-8-5-9-20(13-19)23-15(2)24/h3-14H,1-2H3,(H,22,25)(H,23,24). The molecule has 0 heterocycles. The van der Waals surface area contributed by atoms with E-state index in [9.17, 15) is 9.59 Å². The van der Waals surface area contributed by atoms with Gasteiger partial charge in [-0.15, -0.1) is 0 Å². The predicted molar refractivity (Wildman–Crippen MR) is 101 cm³/mol. The second-order valence-electron chi connectivity index (χ2n) is 6.06. The molecule has 0 aliphatic carbocycles. The lowest BCUT2D eigenvalue weighted by Gasteiger charge is -2.15. The van der Waals surface area contributed by atoms with Gasteiger partial charge in [-0.1, -0.05) is 42.5 Å². The number of carbonyl (C=O) groups is 2. The second-order valence-corrected chi connectivity index (χ2v) is 6.06. The van der Waals surface area contributed by atoms with Crippen molar-refractivity contribution in [2.24, 2.45) is 0 Å². The minimum Gasteiger partial charge on any atom is -0.346 e. The first-order chi connectivity index (χ1) is 12.0. The Balaban J connectivity index is 1.76. The summed E-state index contributed by atoms with van der Waals surface area (Å²) < 4.78 is 0. The van der Waals surface area contributed by atoms with Gasteiger partial charge in [0.25, 0.3) is 5.91 Å². The molecule has 3 rings (SSSR count). The van der Waals surface area contributed by atoms with E-state index in [1.165, 1.54) is 12.3 Å². The third-order valence-electron chi connectivity index (χ3n) is 4.07. The lowest BCUT2D eigenvalue weighted by Crippen LogP contribution is -2.26. The highest BCUT2D eigenvalue weighted by atomic mass is 16.2. The van der Waals surface area contributed by atoms with Crippen LogP contribution in [0.2, 0.25) is 0 Å². The number of anilines is 1. The van der Waals surface area contributed by atoms with E-state index in [1.54, 1.807) is 24.3 Å². The van der Waals surface area contributed by atoms with Crippen LogP contribution < -0.4 is 10.6 Å². The molecule has 0 bridgehead atoms. The third kappa shape index (κ3) is 4.04. The average Bonchev–Trinajstić information content (AvgIpc) is 2.61. The highest BCUT2D eigenvalue weighted by Crippen LogP contribution is 2.21. The normalized spacial score (nSPS) is 11.8. The van der Waals surface area contributed by atoms with Crippen molar-refractivity contribution in [1.82, 2.24) is 5.32 Å². The summed E-state index contributed by atoms with van der Waals surface area (Å²) in [7, 11) is 0. The minimum absolute atomic E-state index is 0.124. The van der Waals surface area contributed by atoms with Gasteiger partial charge in [0.1, 0.15) is 0 Å². The summed E-state index contributed by atoms with van der Waals surface area (Å²) >= 11 is 0. The van der Waals surface area contributed by atoms with Crippen molar-refractivity contribution in [3.8, 4) is 0 Å². The summed E-state index contributed by atoms with van der Waals surface area (Å²) in [6, 6.07) is 21.1. The van der Waals surface area contributed by atoms with E-state index in [0.29, 0.717) is 11.3 Å². The molecule has 3 aromatic carbocycles. The molecule has 126 valence electrons. The van der Waals surface area contributed by atoms with Crippen molar-refractivity contribution >= 4 is 28.3 Å². The van der Waals surface area contributed by atoms with Crippen LogP contribution in [0.1, 0.15) is 35.8 Å². The summed E-state index contributed by atoms with van der Waals surface area (Å²) in [5, 5.41) is 8.01. The predicted octanol–water partition coefficient (Wildman–Crippen LogP) is 4.29. The number of fused-ring (bicyclic) bond motifs is 1. The van der Waals surface area contributed by atoms with Gasteiger partial charge in [0.15, 0.2) is 0 Å². The van der Waals surface area contributed by atoms with Gasteiger partial charge in [0.05, 0.1) is 6.04 Å². The Morgan fingerprint density at radius 2 is 1.64 bits per heavy atom. The molecule has 4 nitrogen and oxygen atoms in total. The van der Waals surface area contributed by atoms with Gasteiger partial charge >= 0.3 is 0 Å². The number of hydrogen-bond acceptors (Lipinski definition) is 2. The largest absolute Gasteiger partial charge is 0.346 e. The number of rotatable bonds is 4. The smallest absolute Gasteiger partial charge is 0.251 e. The van der Waals surface area contributed by atoms with Crippen LogP contribution in [0.4, 0.5) is 5.69 Å². The fourth-order valence-electron chi connectivity index (χ4n) is 2.78. The van der Waals surface area contributed by atoms with Crippen LogP contribution in [0.3, 0.4) is 0 Å². The monoisotopic (exact) mass is 332 g/mol. The van der Waals surface area contributed by atoms with Gasteiger partial charge in [-0.05, 0) is 47.5 Å². The van der Waals surface area contributed by atoms with Crippen molar-refractivity contribution in [2.75, 3.05) is 5.32 Å². The van der Waals surface area contributed by atoms with Crippen LogP contribution in [-0.2, 0) is 4.79 Å². The van der Waals surface area contributed by atoms with E-state index in [2.05, 4.69) is 34.9 Å². The molecule has 0 saturated carbocycles. The van der Waals surface area contributed by atoms with Gasteiger partial charge < -0.3 is 10.6 Å². The molecule has 1 atom stereocenters. The van der Waals surface area contributed by atoms with Gasteiger partial charge in [-0.2, -0.15) is 0 Å². The highest BCUT2D eigenvalue weighted by molar-refractivity contribution is 5.97. The summed E-state index contributed by atoms with van der Waals surface area (Å²) in [4.78, 5) is 23.7. The topological polar surface area (TPSA) is 58.2 Å². The maximum atomic E-state index is 12.5. The quantitative estimate of drug-likeness (QED) is 0.749. The first-order valence-electron chi connectivity index (χ1n) is 8.20. The maximum absolute atomic E-state index is 12.5. The molecule has 0 aliphatic rings. The first-order valence-corrected chi connectivity index (χ1v) is 8.20. The number of benzene rings is 3. The summed E-state index contributed by atoms with van der Waals surface area (Å²) in [5.41, 5.74) is 2.17. The third-order valence-corrected chi connectivity index (χ3v) is 4.07. The molecular formula is C21H20N2O2. The highest BCUT2D eigenvalue weighted by Gasteiger charge is 2.12. The minimum atomic E-state index is -0.173. The van der Waals surface area contributed by atoms with E-state index in [0.717, 1.165) is 10.9 Å². The van der Waals surface area contributed by atoms with E-state index in [-0.39, 0.29) is 17.9 Å². The molecular weight excluding hydrogens is 312 g/mol. The Bertz CT molecular complexity index is 934. The van der Waals surface area contributed by atoms with Crippen LogP contribution >= 0.6 is 0 Å². The Morgan fingerprint density at radius 3 is 2.40 bits per heavy atom. The van der Waals surface area contributed by atoms with Crippen molar-refractivity contribution in [2.45, 2.75) is 19.9 Å². The lowest BCUT2D eigenvalue weighted by molar-refractivity contribution is -0.114. The maximum Gasteiger partial charge on any atom is 0.251 e. The zero-order valence-electron chi connectivity index (χ0n) is 14.2. The lowest BCUT2D eigenvalue weighted by atomic mass is 10.0. The zero-order chi connectivity index (χ0) is 17.8. The van der Waals surface area contributed by atoms with Crippen LogP contribution in [-0.4, -0.2) is 11.8 Å². The molecule has 0 aliphatic heterocycles. The molecule has 0 aromatic heterocycles. The van der Waals surface area contributed by atoms with E-state index < -0.39 is 0 Å². The molecule has 2 amide bonds. The summed E-state index contributed by atoms with van der Waals surface area (Å²) in [5.74, 6) is -0.338. The van der Waals surface area contributed by atoms with Gasteiger partial charge in [-0.3, -0.25) is 9.59 Å². The van der Waals surface area contributed by atoms with Gasteiger partial charge in [-0.25, -0.2) is 0 Å². The van der Waals surface area contributed by atoms with E-state index in [4.69, 9.17) is 0 Å². The fraction of sp³-hybridized carbons (Fsp3) is 0.143. The Morgan fingerprint density at radius 1 is 0.880 bits per heavy atom. The Labute approximate surface area is 146 Å². The average molecular weight is 332 g/mol. The van der Waals surface area contributed by atoms with Crippen molar-refractivity contribution < 1.29 is 9.59 Å². The zero-order valence-corrected chi connectivity index (χ0v) is 14.2. The van der Waals surface area contributed by atoms with Crippen molar-refractivity contribution in [3.05, 3.63) is 77.9 Å². The SMILES string of the molecule is CC(=O)Nc1cccc(C(=O)NC(C)c2ccc3ccccc3c2)c1. The molecule has 0 radical (unpaired) electrons. The molecule has 4 heteroatoms. The van der Waals surface area contributed by atoms with Gasteiger partial charge in [0, 0.05) is 18.2 Å². The molecule has 25 heavy (non-hydrogen) atoms. The van der Waals surface area contributed by atoms with Crippen LogP contribution in [0.25, 0.3) is 10.8 Å². The second kappa shape index (κ2) is 7.18. The molecule has 3 aromatic rings. The molecule has 1 unspecified atom stereocenters. The first kappa shape index (κ1) is 16.7. The number of amides is 2. The van der Waals surface area contributed by atoms with Gasteiger partial charge in [0.2, 0.25) is 5.91 Å². The summed E-state index contributed by atoms with van der Waals surface area (Å²) in [6.45, 7) is 3.40. The fourth-order valence-corrected chi connectivity index (χ4v) is 2.78. The Kier molecular flexibility index (Phi) is 4.80. The molecule has 0 spiro atoms. The number of nitrogens with one attached hydrogen (secondary N) is 2. The molecule has 0 fully saturated rings. The number of carbonyl (C=O) groups excluding carboxylic acids is 2. The number of hydrogen-bond donors (Lipinski definition) is 2. The Hall–Kier alpha value is -3.14. The van der Waals surface area contributed by atoms with Crippen LogP contribution in [0.5, 0.6) is 0 Å². The van der Waals surface area contributed by atoms with E-state index >= 15 is 0 Å². The molecule has 0 saturated heterocycles. The van der Waals surface area contributed by atoms with Crippen molar-refractivity contribution in [1.29, 1.82) is 0 Å². The summed E-state index contributed by atoms with van der Waals surface area (Å²) in [6.07, 6.45) is 0. The molecule has 2 N–H and O–H groups in total. The van der Waals surface area contributed by atoms with E-state index in [1.807, 2.05) is 25.1 Å². The van der Waals surface area contributed by atoms with Crippen molar-refractivity contribution in [3.63, 3.8) is 0 Å². The van der Waals surface area contributed by atoms with Crippen LogP contribution in [0.15, 0.2) is 66.7 Å². The van der Waals surface area contributed by atoms with Crippen LogP contribution in [0, 0.1) is 0 Å².